The molecule has 1 aromatic rings. The zero-order valence-corrected chi connectivity index (χ0v) is 9.52. The SMILES string of the molecule is CN1CCC(Oc2ccc(F)cc2)(C(=O)O)C1. The summed E-state index contributed by atoms with van der Waals surface area (Å²) in [6.07, 6.45) is 0.427. The van der Waals surface area contributed by atoms with Crippen molar-refractivity contribution in [1.82, 2.24) is 4.90 Å². The van der Waals surface area contributed by atoms with Gasteiger partial charge in [0, 0.05) is 19.5 Å². The number of rotatable bonds is 3. The van der Waals surface area contributed by atoms with E-state index < -0.39 is 11.6 Å². The van der Waals surface area contributed by atoms with Crippen molar-refractivity contribution in [2.24, 2.45) is 0 Å². The smallest absolute Gasteiger partial charge is 0.349 e. The van der Waals surface area contributed by atoms with Crippen LogP contribution >= 0.6 is 0 Å². The molecule has 1 saturated heterocycles. The summed E-state index contributed by atoms with van der Waals surface area (Å²) < 4.78 is 18.3. The molecule has 1 heterocycles. The van der Waals surface area contributed by atoms with Crippen molar-refractivity contribution in [2.75, 3.05) is 20.1 Å². The van der Waals surface area contributed by atoms with Crippen LogP contribution in [0.15, 0.2) is 24.3 Å². The number of carboxylic acid groups (broad SMARTS) is 1. The first-order chi connectivity index (χ1) is 8.02. The third-order valence-electron chi connectivity index (χ3n) is 2.94. The van der Waals surface area contributed by atoms with Crippen LogP contribution in [0.25, 0.3) is 0 Å². The summed E-state index contributed by atoms with van der Waals surface area (Å²) in [6, 6.07) is 5.39. The Morgan fingerprint density at radius 3 is 2.59 bits per heavy atom. The van der Waals surface area contributed by atoms with Gasteiger partial charge in [-0.1, -0.05) is 0 Å². The van der Waals surface area contributed by atoms with Gasteiger partial charge < -0.3 is 14.7 Å². The first kappa shape index (κ1) is 11.9. The lowest BCUT2D eigenvalue weighted by Crippen LogP contribution is -2.46. The van der Waals surface area contributed by atoms with Crippen LogP contribution in [0.2, 0.25) is 0 Å². The number of hydrogen-bond donors (Lipinski definition) is 1. The fraction of sp³-hybridized carbons (Fsp3) is 0.417. The summed E-state index contributed by atoms with van der Waals surface area (Å²) in [5, 5.41) is 9.27. The number of aliphatic carboxylic acids is 1. The van der Waals surface area contributed by atoms with Crippen molar-refractivity contribution < 1.29 is 19.0 Å². The minimum absolute atomic E-state index is 0.333. The minimum Gasteiger partial charge on any atom is -0.478 e. The molecule has 92 valence electrons. The maximum absolute atomic E-state index is 12.7. The van der Waals surface area contributed by atoms with Gasteiger partial charge in [-0.25, -0.2) is 9.18 Å². The molecule has 1 aromatic carbocycles. The first-order valence-corrected chi connectivity index (χ1v) is 5.38. The Hall–Kier alpha value is -1.62. The molecule has 0 spiro atoms. The monoisotopic (exact) mass is 239 g/mol. The number of carbonyl (C=O) groups is 1. The quantitative estimate of drug-likeness (QED) is 0.865. The van der Waals surface area contributed by atoms with E-state index in [1.54, 1.807) is 0 Å². The minimum atomic E-state index is -1.22. The molecule has 1 unspecified atom stereocenters. The molecule has 1 N–H and O–H groups in total. The van der Waals surface area contributed by atoms with E-state index in [4.69, 9.17) is 4.74 Å². The average Bonchev–Trinajstić information content (AvgIpc) is 2.65. The second-order valence-electron chi connectivity index (χ2n) is 4.34. The maximum atomic E-state index is 12.7. The van der Waals surface area contributed by atoms with E-state index in [1.165, 1.54) is 24.3 Å². The number of likely N-dealkylation sites (tertiary alicyclic amines) is 1. The molecular weight excluding hydrogens is 225 g/mol. The van der Waals surface area contributed by atoms with Gasteiger partial charge in [-0.3, -0.25) is 0 Å². The van der Waals surface area contributed by atoms with Gasteiger partial charge in [-0.05, 0) is 31.3 Å². The maximum Gasteiger partial charge on any atom is 0.349 e. The van der Waals surface area contributed by atoms with Crippen LogP contribution < -0.4 is 4.74 Å². The molecule has 4 nitrogen and oxygen atoms in total. The van der Waals surface area contributed by atoms with Crippen molar-refractivity contribution in [1.29, 1.82) is 0 Å². The molecule has 1 fully saturated rings. The van der Waals surface area contributed by atoms with Crippen LogP contribution in [0, 0.1) is 5.82 Å². The van der Waals surface area contributed by atoms with Crippen LogP contribution in [-0.2, 0) is 4.79 Å². The summed E-state index contributed by atoms with van der Waals surface area (Å²) in [5.74, 6) is -0.972. The van der Waals surface area contributed by atoms with E-state index in [9.17, 15) is 14.3 Å². The Bertz CT molecular complexity index is 420. The molecule has 0 bridgehead atoms. The predicted octanol–water partition coefficient (Wildman–Crippen LogP) is 1.36. The van der Waals surface area contributed by atoms with E-state index in [2.05, 4.69) is 0 Å². The molecule has 0 aliphatic carbocycles. The standard InChI is InChI=1S/C12H14FNO3/c1-14-7-6-12(8-14,11(15)16)17-10-4-2-9(13)3-5-10/h2-5H,6-8H2,1H3,(H,15,16). The van der Waals surface area contributed by atoms with E-state index >= 15 is 0 Å². The van der Waals surface area contributed by atoms with Gasteiger partial charge in [0.25, 0.3) is 0 Å². The molecule has 1 aliphatic heterocycles. The van der Waals surface area contributed by atoms with E-state index in [0.717, 1.165) is 0 Å². The molecular formula is C12H14FNO3. The Labute approximate surface area is 98.6 Å². The van der Waals surface area contributed by atoms with Crippen molar-refractivity contribution in [2.45, 2.75) is 12.0 Å². The van der Waals surface area contributed by atoms with E-state index in [1.807, 2.05) is 11.9 Å². The largest absolute Gasteiger partial charge is 0.478 e. The molecule has 0 saturated carbocycles. The zero-order chi connectivity index (χ0) is 12.5. The number of likely N-dealkylation sites (N-methyl/N-ethyl adjacent to an activating group) is 1. The Kier molecular flexibility index (Phi) is 3.02. The number of halogens is 1. The number of carboxylic acids is 1. The Morgan fingerprint density at radius 1 is 1.47 bits per heavy atom. The summed E-state index contributed by atoms with van der Waals surface area (Å²) in [6.45, 7) is 1.01. The summed E-state index contributed by atoms with van der Waals surface area (Å²) in [7, 11) is 1.85. The normalized spacial score (nSPS) is 24.8. The predicted molar refractivity (Wildman–Crippen MR) is 59.5 cm³/mol. The second kappa shape index (κ2) is 4.33. The highest BCUT2D eigenvalue weighted by atomic mass is 19.1. The number of nitrogens with zero attached hydrogens (tertiary/aromatic N) is 1. The molecule has 2 rings (SSSR count). The fourth-order valence-corrected chi connectivity index (χ4v) is 2.00. The second-order valence-corrected chi connectivity index (χ2v) is 4.34. The third kappa shape index (κ3) is 2.39. The lowest BCUT2D eigenvalue weighted by atomic mass is 10.0. The molecule has 0 radical (unpaired) electrons. The Morgan fingerprint density at radius 2 is 2.12 bits per heavy atom. The van der Waals surface area contributed by atoms with Crippen LogP contribution in [0.4, 0.5) is 4.39 Å². The van der Waals surface area contributed by atoms with Crippen LogP contribution in [0.3, 0.4) is 0 Å². The highest BCUT2D eigenvalue weighted by Gasteiger charge is 2.46. The van der Waals surface area contributed by atoms with Crippen LogP contribution in [0.1, 0.15) is 6.42 Å². The van der Waals surface area contributed by atoms with E-state index in [0.29, 0.717) is 25.3 Å². The lowest BCUT2D eigenvalue weighted by molar-refractivity contribution is -0.154. The Balaban J connectivity index is 2.19. The highest BCUT2D eigenvalue weighted by molar-refractivity contribution is 5.78. The van der Waals surface area contributed by atoms with Crippen molar-refractivity contribution in [3.8, 4) is 5.75 Å². The molecule has 1 atom stereocenters. The van der Waals surface area contributed by atoms with Gasteiger partial charge in [-0.15, -0.1) is 0 Å². The summed E-state index contributed by atoms with van der Waals surface area (Å²) >= 11 is 0. The van der Waals surface area contributed by atoms with Crippen LogP contribution in [-0.4, -0.2) is 41.7 Å². The van der Waals surface area contributed by atoms with Gasteiger partial charge in [-0.2, -0.15) is 0 Å². The molecule has 0 amide bonds. The van der Waals surface area contributed by atoms with Crippen molar-refractivity contribution in [3.63, 3.8) is 0 Å². The number of benzene rings is 1. The highest BCUT2D eigenvalue weighted by Crippen LogP contribution is 2.27. The number of ether oxygens (including phenoxy) is 1. The van der Waals surface area contributed by atoms with Crippen molar-refractivity contribution in [3.05, 3.63) is 30.1 Å². The zero-order valence-electron chi connectivity index (χ0n) is 9.52. The molecule has 1 aliphatic rings. The van der Waals surface area contributed by atoms with Gasteiger partial charge in [0.15, 0.2) is 0 Å². The molecule has 0 aromatic heterocycles. The number of hydrogen-bond acceptors (Lipinski definition) is 3. The summed E-state index contributed by atoms with van der Waals surface area (Å²) in [4.78, 5) is 13.2. The summed E-state index contributed by atoms with van der Waals surface area (Å²) in [5.41, 5.74) is -1.22. The van der Waals surface area contributed by atoms with Gasteiger partial charge in [0.05, 0.1) is 0 Å². The molecule has 17 heavy (non-hydrogen) atoms. The topological polar surface area (TPSA) is 49.8 Å². The van der Waals surface area contributed by atoms with E-state index in [-0.39, 0.29) is 5.82 Å². The van der Waals surface area contributed by atoms with Gasteiger partial charge in [0.2, 0.25) is 5.60 Å². The average molecular weight is 239 g/mol. The molecule has 5 heteroatoms. The third-order valence-corrected chi connectivity index (χ3v) is 2.94. The van der Waals surface area contributed by atoms with Gasteiger partial charge in [0.1, 0.15) is 11.6 Å². The lowest BCUT2D eigenvalue weighted by Gasteiger charge is -2.25. The van der Waals surface area contributed by atoms with Crippen molar-refractivity contribution >= 4 is 5.97 Å². The first-order valence-electron chi connectivity index (χ1n) is 5.38. The fourth-order valence-electron chi connectivity index (χ4n) is 2.00. The van der Waals surface area contributed by atoms with Crippen LogP contribution in [0.5, 0.6) is 5.75 Å². The van der Waals surface area contributed by atoms with Gasteiger partial charge >= 0.3 is 5.97 Å².